The van der Waals surface area contributed by atoms with Gasteiger partial charge in [-0.25, -0.2) is 13.6 Å². The molecule has 0 bridgehead atoms. The molecule has 4 nitrogen and oxygen atoms in total. The lowest BCUT2D eigenvalue weighted by Crippen LogP contribution is -2.49. The second-order valence-corrected chi connectivity index (χ2v) is 5.54. The Kier molecular flexibility index (Phi) is 5.12. The first-order chi connectivity index (χ1) is 9.95. The summed E-state index contributed by atoms with van der Waals surface area (Å²) in [5.74, 6) is -1.04. The number of hydrogen-bond acceptors (Lipinski definition) is 2. The number of carbonyl (C=O) groups excluding carboxylic acids is 1. The average molecular weight is 298 g/mol. The van der Waals surface area contributed by atoms with E-state index in [4.69, 9.17) is 0 Å². The molecule has 1 aromatic rings. The lowest BCUT2D eigenvalue weighted by molar-refractivity contribution is 0.0436. The first kappa shape index (κ1) is 15.7. The van der Waals surface area contributed by atoms with E-state index in [2.05, 4.69) is 5.32 Å². The zero-order chi connectivity index (χ0) is 15.4. The topological polar surface area (TPSA) is 52.6 Å². The quantitative estimate of drug-likeness (QED) is 0.896. The highest BCUT2D eigenvalue weighted by Crippen LogP contribution is 2.16. The molecule has 1 saturated heterocycles. The third-order valence-electron chi connectivity index (χ3n) is 3.82. The number of aliphatic hydroxyl groups excluding tert-OH is 1. The van der Waals surface area contributed by atoms with Gasteiger partial charge < -0.3 is 15.3 Å². The highest BCUT2D eigenvalue weighted by molar-refractivity contribution is 5.74. The molecular weight excluding hydrogens is 278 g/mol. The van der Waals surface area contributed by atoms with Crippen LogP contribution in [0, 0.1) is 17.6 Å². The number of rotatable bonds is 3. The van der Waals surface area contributed by atoms with Crippen molar-refractivity contribution < 1.29 is 18.7 Å². The maximum atomic E-state index is 13.0. The van der Waals surface area contributed by atoms with Crippen molar-refractivity contribution in [1.82, 2.24) is 10.2 Å². The van der Waals surface area contributed by atoms with E-state index < -0.39 is 17.7 Å². The highest BCUT2D eigenvalue weighted by atomic mass is 19.1. The van der Waals surface area contributed by atoms with Crippen molar-refractivity contribution >= 4 is 6.03 Å². The van der Waals surface area contributed by atoms with E-state index in [9.17, 15) is 18.7 Å². The van der Waals surface area contributed by atoms with Crippen LogP contribution in [0.3, 0.4) is 0 Å². The van der Waals surface area contributed by atoms with Crippen molar-refractivity contribution in [3.63, 3.8) is 0 Å². The summed E-state index contributed by atoms with van der Waals surface area (Å²) in [6.07, 6.45) is 0.624. The molecule has 2 N–H and O–H groups in total. The van der Waals surface area contributed by atoms with E-state index in [1.165, 1.54) is 12.1 Å². The summed E-state index contributed by atoms with van der Waals surface area (Å²) < 4.78 is 26.0. The summed E-state index contributed by atoms with van der Waals surface area (Å²) >= 11 is 0. The van der Waals surface area contributed by atoms with Crippen molar-refractivity contribution in [2.45, 2.75) is 25.9 Å². The summed E-state index contributed by atoms with van der Waals surface area (Å²) in [6.45, 7) is 3.18. The molecule has 0 radical (unpaired) electrons. The van der Waals surface area contributed by atoms with Crippen LogP contribution in [0.25, 0.3) is 0 Å². The second kappa shape index (κ2) is 6.85. The second-order valence-electron chi connectivity index (χ2n) is 5.54. The van der Waals surface area contributed by atoms with Crippen molar-refractivity contribution in [3.05, 3.63) is 35.4 Å². The van der Waals surface area contributed by atoms with Crippen LogP contribution in [-0.2, 0) is 6.42 Å². The molecule has 2 amide bonds. The highest BCUT2D eigenvalue weighted by Gasteiger charge is 2.26. The van der Waals surface area contributed by atoms with Gasteiger partial charge in [-0.15, -0.1) is 0 Å². The molecule has 1 aliphatic rings. The molecule has 1 fully saturated rings. The van der Waals surface area contributed by atoms with Crippen molar-refractivity contribution in [2.24, 2.45) is 5.92 Å². The first-order valence-corrected chi connectivity index (χ1v) is 7.11. The van der Waals surface area contributed by atoms with Crippen LogP contribution in [0.1, 0.15) is 18.9 Å². The lowest BCUT2D eigenvalue weighted by atomic mass is 9.96. The lowest BCUT2D eigenvalue weighted by Gasteiger charge is -2.34. The Labute approximate surface area is 122 Å². The van der Waals surface area contributed by atoms with Gasteiger partial charge in [-0.2, -0.15) is 0 Å². The van der Waals surface area contributed by atoms with Gasteiger partial charge in [0.2, 0.25) is 0 Å². The Balaban J connectivity index is 1.79. The SMILES string of the molecule is CC1CCN(C(=O)NCCc2cc(F)cc(F)c2)CC1O. The Bertz CT molecular complexity index is 490. The van der Waals surface area contributed by atoms with Crippen LogP contribution in [-0.4, -0.2) is 41.8 Å². The molecule has 0 aromatic heterocycles. The molecule has 2 atom stereocenters. The molecule has 0 spiro atoms. The molecule has 0 aliphatic carbocycles. The van der Waals surface area contributed by atoms with Crippen LogP contribution in [0.5, 0.6) is 0 Å². The number of urea groups is 1. The van der Waals surface area contributed by atoms with Crippen LogP contribution >= 0.6 is 0 Å². The predicted octanol–water partition coefficient (Wildman–Crippen LogP) is 1.92. The first-order valence-electron chi connectivity index (χ1n) is 7.11. The van der Waals surface area contributed by atoms with Gasteiger partial charge in [0.05, 0.1) is 6.10 Å². The van der Waals surface area contributed by atoms with Gasteiger partial charge in [0.15, 0.2) is 0 Å². The monoisotopic (exact) mass is 298 g/mol. The van der Waals surface area contributed by atoms with Crippen LogP contribution in [0.4, 0.5) is 13.6 Å². The predicted molar refractivity (Wildman–Crippen MR) is 74.8 cm³/mol. The molecule has 116 valence electrons. The number of nitrogens with one attached hydrogen (secondary N) is 1. The third kappa shape index (κ3) is 4.39. The zero-order valence-electron chi connectivity index (χ0n) is 12.0. The van der Waals surface area contributed by atoms with Crippen LogP contribution < -0.4 is 5.32 Å². The standard InChI is InChI=1S/C15H20F2N2O2/c1-10-3-5-19(9-14(10)20)15(21)18-4-2-11-6-12(16)8-13(17)7-11/h6-8,10,14,20H,2-5,9H2,1H3,(H,18,21). The van der Waals surface area contributed by atoms with Gasteiger partial charge in [-0.1, -0.05) is 6.92 Å². The number of carbonyl (C=O) groups is 1. The Morgan fingerprint density at radius 2 is 2.05 bits per heavy atom. The van der Waals surface area contributed by atoms with E-state index in [-0.39, 0.29) is 11.9 Å². The van der Waals surface area contributed by atoms with Crippen LogP contribution in [0.15, 0.2) is 18.2 Å². The maximum absolute atomic E-state index is 13.0. The van der Waals surface area contributed by atoms with E-state index >= 15 is 0 Å². The minimum absolute atomic E-state index is 0.198. The number of piperidine rings is 1. The van der Waals surface area contributed by atoms with Gasteiger partial charge >= 0.3 is 6.03 Å². The fraction of sp³-hybridized carbons (Fsp3) is 0.533. The molecule has 1 aliphatic heterocycles. The number of amides is 2. The van der Waals surface area contributed by atoms with Crippen molar-refractivity contribution in [3.8, 4) is 0 Å². The normalized spacial score (nSPS) is 22.2. The summed E-state index contributed by atoms with van der Waals surface area (Å²) in [5.41, 5.74) is 0.500. The zero-order valence-corrected chi connectivity index (χ0v) is 12.0. The van der Waals surface area contributed by atoms with E-state index in [1.54, 1.807) is 4.90 Å². The van der Waals surface area contributed by atoms with Gasteiger partial charge in [-0.05, 0) is 36.5 Å². The van der Waals surface area contributed by atoms with Crippen molar-refractivity contribution in [1.29, 1.82) is 0 Å². The molecule has 21 heavy (non-hydrogen) atoms. The van der Waals surface area contributed by atoms with Crippen LogP contribution in [0.2, 0.25) is 0 Å². The van der Waals surface area contributed by atoms with E-state index in [0.29, 0.717) is 31.6 Å². The van der Waals surface area contributed by atoms with Gasteiger partial charge in [0, 0.05) is 25.7 Å². The van der Waals surface area contributed by atoms with Gasteiger partial charge in [0.25, 0.3) is 0 Å². The fourth-order valence-electron chi connectivity index (χ4n) is 2.41. The molecule has 1 heterocycles. The Hall–Kier alpha value is -1.69. The summed E-state index contributed by atoms with van der Waals surface area (Å²) in [4.78, 5) is 13.5. The number of hydrogen-bond donors (Lipinski definition) is 2. The largest absolute Gasteiger partial charge is 0.391 e. The number of benzene rings is 1. The third-order valence-corrected chi connectivity index (χ3v) is 3.82. The van der Waals surface area contributed by atoms with E-state index in [1.807, 2.05) is 6.92 Å². The summed E-state index contributed by atoms with van der Waals surface area (Å²) in [5, 5.41) is 12.5. The fourth-order valence-corrected chi connectivity index (χ4v) is 2.41. The number of halogens is 2. The Morgan fingerprint density at radius 3 is 2.67 bits per heavy atom. The minimum atomic E-state index is -0.621. The number of nitrogens with zero attached hydrogens (tertiary/aromatic N) is 1. The average Bonchev–Trinajstić information content (AvgIpc) is 2.40. The number of likely N-dealkylation sites (tertiary alicyclic amines) is 1. The minimum Gasteiger partial charge on any atom is -0.391 e. The number of β-amino-alcohol motifs (C(OH)–C–C–N with tert-alkyl or cyclic N) is 1. The summed E-state index contributed by atoms with van der Waals surface area (Å²) in [7, 11) is 0. The smallest absolute Gasteiger partial charge is 0.317 e. The van der Waals surface area contributed by atoms with Gasteiger partial charge in [0.1, 0.15) is 11.6 Å². The molecule has 2 unspecified atom stereocenters. The molecule has 1 aromatic carbocycles. The molecule has 2 rings (SSSR count). The van der Waals surface area contributed by atoms with Crippen molar-refractivity contribution in [2.75, 3.05) is 19.6 Å². The molecule has 0 saturated carbocycles. The molecule has 6 heteroatoms. The van der Waals surface area contributed by atoms with Gasteiger partial charge in [-0.3, -0.25) is 0 Å². The summed E-state index contributed by atoms with van der Waals surface area (Å²) in [6, 6.07) is 3.07. The maximum Gasteiger partial charge on any atom is 0.317 e. The Morgan fingerprint density at radius 1 is 1.38 bits per heavy atom. The number of aliphatic hydroxyl groups is 1. The van der Waals surface area contributed by atoms with E-state index in [0.717, 1.165) is 12.5 Å². The molecular formula is C15H20F2N2O2.